The van der Waals surface area contributed by atoms with Gasteiger partial charge in [0, 0.05) is 11.3 Å². The van der Waals surface area contributed by atoms with Gasteiger partial charge in [-0.3, -0.25) is 0 Å². The maximum atomic E-state index is 11.5. The minimum absolute atomic E-state index is 0.379. The lowest BCUT2D eigenvalue weighted by Gasteiger charge is -2.12. The Balaban J connectivity index is 2.15. The number of hydrogen-bond donors (Lipinski definition) is 1. The lowest BCUT2D eigenvalue weighted by Crippen LogP contribution is -2.04. The number of hydrogen-bond acceptors (Lipinski definition) is 2. The quantitative estimate of drug-likeness (QED) is 0.757. The molecule has 0 saturated heterocycles. The van der Waals surface area contributed by atoms with Crippen LogP contribution in [0.3, 0.4) is 0 Å². The molecule has 0 spiro atoms. The van der Waals surface area contributed by atoms with Crippen LogP contribution in [0.5, 0.6) is 0 Å². The third kappa shape index (κ3) is 2.88. The van der Waals surface area contributed by atoms with Gasteiger partial charge in [0.1, 0.15) is 0 Å². The first-order chi connectivity index (χ1) is 10.3. The van der Waals surface area contributed by atoms with Crippen molar-refractivity contribution >= 4 is 17.3 Å². The fourth-order valence-corrected chi connectivity index (χ4v) is 3.17. The summed E-state index contributed by atoms with van der Waals surface area (Å²) < 4.78 is 0. The van der Waals surface area contributed by atoms with Crippen LogP contribution in [-0.4, -0.2) is 11.1 Å². The van der Waals surface area contributed by atoms with Crippen LogP contribution >= 0.6 is 11.3 Å². The highest BCUT2D eigenvalue weighted by Crippen LogP contribution is 2.29. The van der Waals surface area contributed by atoms with E-state index in [9.17, 15) is 9.90 Å². The third-order valence-corrected chi connectivity index (χ3v) is 4.30. The van der Waals surface area contributed by atoms with Crippen molar-refractivity contribution in [3.63, 3.8) is 0 Å². The first-order valence-corrected chi connectivity index (χ1v) is 7.56. The first kappa shape index (κ1) is 13.6. The molecule has 0 bridgehead atoms. The maximum absolute atomic E-state index is 11.5. The second kappa shape index (κ2) is 5.94. The first-order valence-electron chi connectivity index (χ1n) is 6.68. The van der Waals surface area contributed by atoms with E-state index >= 15 is 0 Å². The highest BCUT2D eigenvalue weighted by Gasteiger charge is 2.15. The predicted octanol–water partition coefficient (Wildman–Crippen LogP) is 4.70. The van der Waals surface area contributed by atoms with Gasteiger partial charge in [0.15, 0.2) is 0 Å². The van der Waals surface area contributed by atoms with Crippen LogP contribution in [0.25, 0.3) is 11.1 Å². The molecule has 0 unspecified atom stereocenters. The summed E-state index contributed by atoms with van der Waals surface area (Å²) in [5, 5.41) is 11.5. The van der Waals surface area contributed by atoms with Crippen LogP contribution in [0.1, 0.15) is 20.8 Å². The average Bonchev–Trinajstić information content (AvgIpc) is 3.01. The Kier molecular flexibility index (Phi) is 3.84. The van der Waals surface area contributed by atoms with E-state index < -0.39 is 5.97 Å². The van der Waals surface area contributed by atoms with Crippen molar-refractivity contribution in [2.45, 2.75) is 6.42 Å². The van der Waals surface area contributed by atoms with Gasteiger partial charge in [-0.15, -0.1) is 11.3 Å². The van der Waals surface area contributed by atoms with Crippen molar-refractivity contribution in [3.05, 3.63) is 82.0 Å². The zero-order valence-electron chi connectivity index (χ0n) is 11.3. The molecule has 21 heavy (non-hydrogen) atoms. The van der Waals surface area contributed by atoms with Crippen molar-refractivity contribution in [3.8, 4) is 11.1 Å². The number of aromatic carboxylic acids is 1. The van der Waals surface area contributed by atoms with Gasteiger partial charge in [-0.05, 0) is 34.2 Å². The van der Waals surface area contributed by atoms with E-state index in [4.69, 9.17) is 0 Å². The Labute approximate surface area is 127 Å². The van der Waals surface area contributed by atoms with Gasteiger partial charge in [-0.2, -0.15) is 0 Å². The van der Waals surface area contributed by atoms with Crippen LogP contribution in [0, 0.1) is 0 Å². The lowest BCUT2D eigenvalue weighted by atomic mass is 9.93. The molecule has 2 aromatic carbocycles. The molecule has 104 valence electrons. The molecule has 0 fully saturated rings. The highest BCUT2D eigenvalue weighted by molar-refractivity contribution is 7.09. The van der Waals surface area contributed by atoms with E-state index in [2.05, 4.69) is 0 Å². The van der Waals surface area contributed by atoms with E-state index in [-0.39, 0.29) is 0 Å². The van der Waals surface area contributed by atoms with Crippen molar-refractivity contribution in [2.75, 3.05) is 0 Å². The number of carboxylic acids is 1. The number of carboxylic acid groups (broad SMARTS) is 1. The smallest absolute Gasteiger partial charge is 0.335 e. The maximum Gasteiger partial charge on any atom is 0.335 e. The lowest BCUT2D eigenvalue weighted by molar-refractivity contribution is 0.0696. The standard InChI is InChI=1S/C18H14O2S/c19-18(20)16-10-4-9-15(13-6-2-1-3-7-13)17(16)12-14-8-5-11-21-14/h1-11H,12H2,(H,19,20). The van der Waals surface area contributed by atoms with Gasteiger partial charge in [0.05, 0.1) is 5.56 Å². The summed E-state index contributed by atoms with van der Waals surface area (Å²) in [6.45, 7) is 0. The van der Waals surface area contributed by atoms with Gasteiger partial charge in [-0.25, -0.2) is 4.79 Å². The fourth-order valence-electron chi connectivity index (χ4n) is 2.45. The summed E-state index contributed by atoms with van der Waals surface area (Å²) >= 11 is 1.65. The molecular weight excluding hydrogens is 280 g/mol. The Morgan fingerprint density at radius 3 is 2.43 bits per heavy atom. The predicted molar refractivity (Wildman–Crippen MR) is 86.0 cm³/mol. The number of benzene rings is 2. The van der Waals surface area contributed by atoms with Gasteiger partial charge in [0.2, 0.25) is 0 Å². The minimum Gasteiger partial charge on any atom is -0.478 e. The largest absolute Gasteiger partial charge is 0.478 e. The second-order valence-electron chi connectivity index (χ2n) is 4.76. The summed E-state index contributed by atoms with van der Waals surface area (Å²) in [6, 6.07) is 19.4. The van der Waals surface area contributed by atoms with Crippen molar-refractivity contribution in [1.29, 1.82) is 0 Å². The van der Waals surface area contributed by atoms with Gasteiger partial charge in [-0.1, -0.05) is 48.5 Å². The van der Waals surface area contributed by atoms with Crippen LogP contribution in [0.2, 0.25) is 0 Å². The van der Waals surface area contributed by atoms with Crippen LogP contribution in [0.4, 0.5) is 0 Å². The molecule has 3 aromatic rings. The van der Waals surface area contributed by atoms with E-state index in [0.717, 1.165) is 16.7 Å². The van der Waals surface area contributed by atoms with Gasteiger partial charge in [0.25, 0.3) is 0 Å². The molecule has 1 N–H and O–H groups in total. The highest BCUT2D eigenvalue weighted by atomic mass is 32.1. The second-order valence-corrected chi connectivity index (χ2v) is 5.79. The van der Waals surface area contributed by atoms with Gasteiger partial charge >= 0.3 is 5.97 Å². The number of thiophene rings is 1. The third-order valence-electron chi connectivity index (χ3n) is 3.42. The molecule has 3 heteroatoms. The Morgan fingerprint density at radius 1 is 0.952 bits per heavy atom. The zero-order chi connectivity index (χ0) is 14.7. The molecule has 0 amide bonds. The Morgan fingerprint density at radius 2 is 1.76 bits per heavy atom. The topological polar surface area (TPSA) is 37.3 Å². The van der Waals surface area contributed by atoms with E-state index in [1.807, 2.05) is 60.0 Å². The van der Waals surface area contributed by atoms with E-state index in [1.165, 1.54) is 4.88 Å². The molecule has 1 heterocycles. The zero-order valence-corrected chi connectivity index (χ0v) is 12.1. The molecular formula is C18H14O2S. The monoisotopic (exact) mass is 294 g/mol. The Bertz CT molecular complexity index is 746. The molecule has 1 aromatic heterocycles. The summed E-state index contributed by atoms with van der Waals surface area (Å²) in [5.41, 5.74) is 3.29. The summed E-state index contributed by atoms with van der Waals surface area (Å²) in [4.78, 5) is 12.7. The van der Waals surface area contributed by atoms with Crippen molar-refractivity contribution < 1.29 is 9.90 Å². The SMILES string of the molecule is O=C(O)c1cccc(-c2ccccc2)c1Cc1cccs1. The Hall–Kier alpha value is -2.39. The number of carbonyl (C=O) groups is 1. The average molecular weight is 294 g/mol. The molecule has 2 nitrogen and oxygen atoms in total. The summed E-state index contributed by atoms with van der Waals surface area (Å²) in [7, 11) is 0. The molecule has 0 radical (unpaired) electrons. The van der Waals surface area contributed by atoms with E-state index in [0.29, 0.717) is 12.0 Å². The summed E-state index contributed by atoms with van der Waals surface area (Å²) in [6.07, 6.45) is 0.643. The van der Waals surface area contributed by atoms with Crippen molar-refractivity contribution in [2.24, 2.45) is 0 Å². The van der Waals surface area contributed by atoms with E-state index in [1.54, 1.807) is 17.4 Å². The van der Waals surface area contributed by atoms with Crippen molar-refractivity contribution in [1.82, 2.24) is 0 Å². The molecule has 0 saturated carbocycles. The van der Waals surface area contributed by atoms with Gasteiger partial charge < -0.3 is 5.11 Å². The van der Waals surface area contributed by atoms with Crippen LogP contribution < -0.4 is 0 Å². The number of rotatable bonds is 4. The molecule has 0 aliphatic carbocycles. The molecule has 0 aliphatic heterocycles. The minimum atomic E-state index is -0.876. The van der Waals surface area contributed by atoms with Crippen LogP contribution in [0.15, 0.2) is 66.0 Å². The summed E-state index contributed by atoms with van der Waals surface area (Å²) in [5.74, 6) is -0.876. The molecule has 3 rings (SSSR count). The molecule has 0 aliphatic rings. The molecule has 0 atom stereocenters. The normalized spacial score (nSPS) is 10.5. The fraction of sp³-hybridized carbons (Fsp3) is 0.0556. The van der Waals surface area contributed by atoms with Crippen LogP contribution in [-0.2, 0) is 6.42 Å².